The minimum absolute atomic E-state index is 0.240. The van der Waals surface area contributed by atoms with Gasteiger partial charge in [-0.25, -0.2) is 0 Å². The smallest absolute Gasteiger partial charge is 0.277 e. The molecule has 0 fully saturated rings. The lowest BCUT2D eigenvalue weighted by atomic mass is 10.1. The molecule has 0 saturated heterocycles. The number of nitrogens with one attached hydrogen (secondary N) is 1. The molecule has 5 heteroatoms. The van der Waals surface area contributed by atoms with E-state index in [0.717, 1.165) is 16.8 Å². The molecule has 0 radical (unpaired) electrons. The van der Waals surface area contributed by atoms with Crippen LogP contribution in [0.3, 0.4) is 0 Å². The molecule has 17 heavy (non-hydrogen) atoms. The average molecular weight is 230 g/mol. The molecular formula is C12H14N4O. The normalized spacial score (nSPS) is 10.3. The van der Waals surface area contributed by atoms with E-state index in [1.807, 2.05) is 32.0 Å². The highest BCUT2D eigenvalue weighted by atomic mass is 16.2. The highest BCUT2D eigenvalue weighted by Crippen LogP contribution is 2.19. The van der Waals surface area contributed by atoms with Crippen LogP contribution in [0.5, 0.6) is 0 Å². The van der Waals surface area contributed by atoms with Crippen molar-refractivity contribution in [2.24, 2.45) is 7.05 Å². The summed E-state index contributed by atoms with van der Waals surface area (Å²) in [4.78, 5) is 11.9. The van der Waals surface area contributed by atoms with Gasteiger partial charge in [0.25, 0.3) is 5.91 Å². The lowest BCUT2D eigenvalue weighted by Crippen LogP contribution is -2.14. The van der Waals surface area contributed by atoms with E-state index >= 15 is 0 Å². The van der Waals surface area contributed by atoms with E-state index in [0.29, 0.717) is 5.69 Å². The van der Waals surface area contributed by atoms with Crippen molar-refractivity contribution in [3.05, 3.63) is 41.2 Å². The largest absolute Gasteiger partial charge is 0.320 e. The van der Waals surface area contributed by atoms with Gasteiger partial charge < -0.3 is 5.32 Å². The van der Waals surface area contributed by atoms with Crippen molar-refractivity contribution in [1.29, 1.82) is 0 Å². The number of benzene rings is 1. The molecule has 0 saturated carbocycles. The molecule has 2 rings (SSSR count). The van der Waals surface area contributed by atoms with Gasteiger partial charge in [-0.3, -0.25) is 9.48 Å². The van der Waals surface area contributed by atoms with E-state index in [1.54, 1.807) is 13.2 Å². The standard InChI is InChI=1S/C12H14N4O/c1-8-5-4-6-9(2)11(8)13-12(17)10-7-16(3)15-14-10/h4-7H,1-3H3,(H,13,17). The topological polar surface area (TPSA) is 59.8 Å². The summed E-state index contributed by atoms with van der Waals surface area (Å²) in [6.45, 7) is 3.92. The van der Waals surface area contributed by atoms with Crippen molar-refractivity contribution < 1.29 is 4.79 Å². The first-order valence-electron chi connectivity index (χ1n) is 5.32. The molecule has 1 N–H and O–H groups in total. The summed E-state index contributed by atoms with van der Waals surface area (Å²) in [5, 5.41) is 10.4. The van der Waals surface area contributed by atoms with Gasteiger partial charge in [0.2, 0.25) is 0 Å². The Morgan fingerprint density at radius 3 is 2.47 bits per heavy atom. The number of carbonyl (C=O) groups excluding carboxylic acids is 1. The number of aryl methyl sites for hydroxylation is 3. The zero-order valence-electron chi connectivity index (χ0n) is 10.1. The number of hydrogen-bond acceptors (Lipinski definition) is 3. The van der Waals surface area contributed by atoms with Gasteiger partial charge in [0.1, 0.15) is 0 Å². The summed E-state index contributed by atoms with van der Waals surface area (Å²) < 4.78 is 1.50. The molecule has 0 bridgehead atoms. The third kappa shape index (κ3) is 2.33. The molecule has 1 heterocycles. The third-order valence-electron chi connectivity index (χ3n) is 2.55. The number of para-hydroxylation sites is 1. The fourth-order valence-electron chi connectivity index (χ4n) is 1.64. The summed E-state index contributed by atoms with van der Waals surface area (Å²) in [5.74, 6) is -0.240. The molecule has 88 valence electrons. The van der Waals surface area contributed by atoms with Gasteiger partial charge in [-0.05, 0) is 25.0 Å². The maximum absolute atomic E-state index is 11.9. The molecule has 0 atom stereocenters. The van der Waals surface area contributed by atoms with E-state index in [4.69, 9.17) is 0 Å². The SMILES string of the molecule is Cc1cccc(C)c1NC(=O)c1cn(C)nn1. The molecule has 1 aromatic carbocycles. The van der Waals surface area contributed by atoms with Gasteiger partial charge in [0.15, 0.2) is 5.69 Å². The van der Waals surface area contributed by atoms with Crippen molar-refractivity contribution in [1.82, 2.24) is 15.0 Å². The Balaban J connectivity index is 2.24. The van der Waals surface area contributed by atoms with E-state index in [2.05, 4.69) is 15.6 Å². The van der Waals surface area contributed by atoms with Crippen LogP contribution in [0.2, 0.25) is 0 Å². The maximum atomic E-state index is 11.9. The Morgan fingerprint density at radius 2 is 1.94 bits per heavy atom. The monoisotopic (exact) mass is 230 g/mol. The lowest BCUT2D eigenvalue weighted by molar-refractivity contribution is 0.102. The zero-order valence-corrected chi connectivity index (χ0v) is 10.1. The second-order valence-electron chi connectivity index (χ2n) is 4.00. The molecule has 1 amide bonds. The van der Waals surface area contributed by atoms with Crippen molar-refractivity contribution in [3.8, 4) is 0 Å². The number of rotatable bonds is 2. The minimum atomic E-state index is -0.240. The minimum Gasteiger partial charge on any atom is -0.320 e. The van der Waals surface area contributed by atoms with Crippen LogP contribution in [-0.4, -0.2) is 20.9 Å². The maximum Gasteiger partial charge on any atom is 0.277 e. The van der Waals surface area contributed by atoms with E-state index in [9.17, 15) is 4.79 Å². The van der Waals surface area contributed by atoms with Gasteiger partial charge in [0.05, 0.1) is 6.20 Å². The van der Waals surface area contributed by atoms with Crippen LogP contribution >= 0.6 is 0 Å². The van der Waals surface area contributed by atoms with Crippen LogP contribution < -0.4 is 5.32 Å². The summed E-state index contributed by atoms with van der Waals surface area (Å²) >= 11 is 0. The Kier molecular flexibility index (Phi) is 2.91. The Morgan fingerprint density at radius 1 is 1.29 bits per heavy atom. The van der Waals surface area contributed by atoms with Gasteiger partial charge in [0, 0.05) is 12.7 Å². The van der Waals surface area contributed by atoms with Crippen molar-refractivity contribution in [3.63, 3.8) is 0 Å². The second-order valence-corrected chi connectivity index (χ2v) is 4.00. The lowest BCUT2D eigenvalue weighted by Gasteiger charge is -2.09. The van der Waals surface area contributed by atoms with Gasteiger partial charge in [-0.2, -0.15) is 0 Å². The number of aromatic nitrogens is 3. The highest BCUT2D eigenvalue weighted by Gasteiger charge is 2.12. The van der Waals surface area contributed by atoms with Gasteiger partial charge in [-0.1, -0.05) is 23.4 Å². The van der Waals surface area contributed by atoms with Crippen LogP contribution in [-0.2, 0) is 7.05 Å². The number of nitrogens with zero attached hydrogens (tertiary/aromatic N) is 3. The fourth-order valence-corrected chi connectivity index (χ4v) is 1.64. The number of carbonyl (C=O) groups is 1. The number of hydrogen-bond donors (Lipinski definition) is 1. The van der Waals surface area contributed by atoms with Crippen molar-refractivity contribution in [2.45, 2.75) is 13.8 Å². The molecule has 2 aromatic rings. The first kappa shape index (κ1) is 11.3. The zero-order chi connectivity index (χ0) is 12.4. The van der Waals surface area contributed by atoms with Crippen molar-refractivity contribution in [2.75, 3.05) is 5.32 Å². The van der Waals surface area contributed by atoms with Crippen LogP contribution in [0.4, 0.5) is 5.69 Å². The molecule has 0 aliphatic carbocycles. The number of amides is 1. The predicted molar refractivity (Wildman–Crippen MR) is 64.9 cm³/mol. The van der Waals surface area contributed by atoms with Crippen LogP contribution in [0, 0.1) is 13.8 Å². The van der Waals surface area contributed by atoms with Gasteiger partial charge in [-0.15, -0.1) is 5.10 Å². The Labute approximate surface area is 99.5 Å². The number of anilines is 1. The second kappa shape index (κ2) is 4.37. The fraction of sp³-hybridized carbons (Fsp3) is 0.250. The first-order valence-corrected chi connectivity index (χ1v) is 5.32. The highest BCUT2D eigenvalue weighted by molar-refractivity contribution is 6.03. The molecule has 0 unspecified atom stereocenters. The van der Waals surface area contributed by atoms with Crippen molar-refractivity contribution >= 4 is 11.6 Å². The summed E-state index contributed by atoms with van der Waals surface area (Å²) in [5.41, 5.74) is 3.21. The van der Waals surface area contributed by atoms with Gasteiger partial charge >= 0.3 is 0 Å². The van der Waals surface area contributed by atoms with Crippen LogP contribution in [0.15, 0.2) is 24.4 Å². The summed E-state index contributed by atoms with van der Waals surface area (Å²) in [6, 6.07) is 5.88. The summed E-state index contributed by atoms with van der Waals surface area (Å²) in [7, 11) is 1.72. The van der Waals surface area contributed by atoms with E-state index in [-0.39, 0.29) is 5.91 Å². The molecular weight excluding hydrogens is 216 g/mol. The van der Waals surface area contributed by atoms with Crippen LogP contribution in [0.1, 0.15) is 21.6 Å². The first-order chi connectivity index (χ1) is 8.08. The Hall–Kier alpha value is -2.17. The predicted octanol–water partition coefficient (Wildman–Crippen LogP) is 1.68. The van der Waals surface area contributed by atoms with E-state index < -0.39 is 0 Å². The van der Waals surface area contributed by atoms with E-state index in [1.165, 1.54) is 4.68 Å². The molecule has 0 aliphatic heterocycles. The van der Waals surface area contributed by atoms with Crippen LogP contribution in [0.25, 0.3) is 0 Å². The average Bonchev–Trinajstić information content (AvgIpc) is 2.70. The summed E-state index contributed by atoms with van der Waals surface area (Å²) in [6.07, 6.45) is 1.59. The quantitative estimate of drug-likeness (QED) is 0.854. The molecule has 0 aliphatic rings. The molecule has 1 aromatic heterocycles. The third-order valence-corrected chi connectivity index (χ3v) is 2.55. The molecule has 0 spiro atoms. The molecule has 5 nitrogen and oxygen atoms in total. The Bertz CT molecular complexity index is 539.